The quantitative estimate of drug-likeness (QED) is 0.405. The lowest BCUT2D eigenvalue weighted by molar-refractivity contribution is -0.415. The minimum Gasteiger partial charge on any atom is -0.438 e. The maximum absolute atomic E-state index is 12.6. The highest BCUT2D eigenvalue weighted by molar-refractivity contribution is 6.31. The number of nitro groups is 1. The third kappa shape index (κ3) is 5.93. The number of nitrogens with zero attached hydrogens (tertiary/aromatic N) is 3. The van der Waals surface area contributed by atoms with Gasteiger partial charge < -0.3 is 4.74 Å². The smallest absolute Gasteiger partial charge is 0.417 e. The van der Waals surface area contributed by atoms with E-state index in [9.17, 15) is 23.3 Å². The van der Waals surface area contributed by atoms with Crippen LogP contribution in [0.5, 0.6) is 11.6 Å². The van der Waals surface area contributed by atoms with E-state index in [0.717, 1.165) is 12.4 Å². The second-order valence-corrected chi connectivity index (χ2v) is 5.42. The molecule has 1 aromatic heterocycles. The molecule has 0 amide bonds. The maximum Gasteiger partial charge on any atom is 0.417 e. The number of allylic oxidation sites excluding steroid dienone is 1. The molecule has 0 aliphatic rings. The number of halogens is 4. The van der Waals surface area contributed by atoms with E-state index in [-0.39, 0.29) is 22.3 Å². The maximum atomic E-state index is 12.6. The molecule has 0 saturated carbocycles. The molecule has 148 valence electrons. The van der Waals surface area contributed by atoms with Gasteiger partial charge in [-0.15, -0.1) is 0 Å². The first-order valence-corrected chi connectivity index (χ1v) is 7.76. The molecule has 0 bridgehead atoms. The van der Waals surface area contributed by atoms with E-state index >= 15 is 0 Å². The van der Waals surface area contributed by atoms with Gasteiger partial charge in [-0.3, -0.25) is 20.4 Å². The summed E-state index contributed by atoms with van der Waals surface area (Å²) in [6, 6.07) is 6.56. The summed E-state index contributed by atoms with van der Waals surface area (Å²) in [6.45, 7) is 0. The molecular weight excluding hydrogens is 405 g/mol. The summed E-state index contributed by atoms with van der Waals surface area (Å²) in [5, 5.41) is 10.5. The topological polar surface area (TPSA) is 98.9 Å². The van der Waals surface area contributed by atoms with E-state index in [1.165, 1.54) is 31.4 Å². The van der Waals surface area contributed by atoms with Crippen molar-refractivity contribution in [2.45, 2.75) is 6.18 Å². The number of aliphatic imine (C=N–C) groups is 1. The summed E-state index contributed by atoms with van der Waals surface area (Å²) in [6.07, 6.45) is -1.93. The van der Waals surface area contributed by atoms with Gasteiger partial charge in [-0.1, -0.05) is 11.6 Å². The highest BCUT2D eigenvalue weighted by atomic mass is 35.5. The van der Waals surface area contributed by atoms with E-state index in [2.05, 4.69) is 20.3 Å². The number of nitrogens with one attached hydrogen (secondary N) is 1. The van der Waals surface area contributed by atoms with Gasteiger partial charge >= 0.3 is 11.9 Å². The van der Waals surface area contributed by atoms with Gasteiger partial charge in [0.1, 0.15) is 23.2 Å². The first-order chi connectivity index (χ1) is 13.2. The number of hydroxylamine groups is 1. The Morgan fingerprint density at radius 2 is 2.04 bits per heavy atom. The molecule has 28 heavy (non-hydrogen) atoms. The zero-order valence-electron chi connectivity index (χ0n) is 14.1. The van der Waals surface area contributed by atoms with Gasteiger partial charge in [0.25, 0.3) is 0 Å². The highest BCUT2D eigenvalue weighted by Crippen LogP contribution is 2.34. The number of rotatable bonds is 7. The minimum absolute atomic E-state index is 0.199. The largest absolute Gasteiger partial charge is 0.438 e. The molecule has 0 fully saturated rings. The SMILES string of the molecule is CONC=C(C=Nc1ccc(Oc2ncc(C(F)(F)F)cc2Cl)cc1)[N+](=O)[O-]. The number of hydrogen-bond donors (Lipinski definition) is 1. The molecule has 0 aliphatic heterocycles. The zero-order valence-corrected chi connectivity index (χ0v) is 14.9. The standard InChI is InChI=1S/C16H12ClF3N4O4/c1-27-23-9-12(24(25)26)8-21-11-2-4-13(5-3-11)28-15-14(17)6-10(7-22-15)16(18,19)20/h2-9,23H,1H3. The molecule has 2 aromatic rings. The average molecular weight is 417 g/mol. The first-order valence-electron chi connectivity index (χ1n) is 7.38. The van der Waals surface area contributed by atoms with Crippen LogP contribution in [0.2, 0.25) is 5.02 Å². The number of pyridine rings is 1. The Hall–Kier alpha value is -3.18. The Morgan fingerprint density at radius 1 is 1.36 bits per heavy atom. The second kappa shape index (κ2) is 9.15. The van der Waals surface area contributed by atoms with Crippen LogP contribution in [0.15, 0.2) is 53.4 Å². The fourth-order valence-electron chi connectivity index (χ4n) is 1.76. The van der Waals surface area contributed by atoms with Crippen molar-refractivity contribution in [3.05, 3.63) is 69.1 Å². The molecule has 0 aliphatic carbocycles. The van der Waals surface area contributed by atoms with Crippen LogP contribution >= 0.6 is 11.6 Å². The van der Waals surface area contributed by atoms with Gasteiger partial charge in [-0.2, -0.15) is 13.2 Å². The molecule has 12 heteroatoms. The van der Waals surface area contributed by atoms with E-state index in [0.29, 0.717) is 18.0 Å². The molecule has 2 rings (SSSR count). The molecule has 8 nitrogen and oxygen atoms in total. The Kier molecular flexibility index (Phi) is 6.90. The summed E-state index contributed by atoms with van der Waals surface area (Å²) in [4.78, 5) is 22.2. The van der Waals surface area contributed by atoms with Crippen molar-refractivity contribution >= 4 is 23.5 Å². The summed E-state index contributed by atoms with van der Waals surface area (Å²) in [5.74, 6) is 0.0364. The van der Waals surface area contributed by atoms with Crippen LogP contribution in [0.1, 0.15) is 5.56 Å². The number of ether oxygens (including phenoxy) is 1. The summed E-state index contributed by atoms with van der Waals surface area (Å²) in [7, 11) is 1.29. The van der Waals surface area contributed by atoms with Gasteiger partial charge in [0, 0.05) is 6.20 Å². The third-order valence-electron chi connectivity index (χ3n) is 3.07. The molecule has 0 spiro atoms. The lowest BCUT2D eigenvalue weighted by atomic mass is 10.3. The monoisotopic (exact) mass is 416 g/mol. The van der Waals surface area contributed by atoms with Crippen LogP contribution < -0.4 is 10.2 Å². The van der Waals surface area contributed by atoms with E-state index in [4.69, 9.17) is 16.3 Å². The van der Waals surface area contributed by atoms with Crippen molar-refractivity contribution in [2.24, 2.45) is 4.99 Å². The van der Waals surface area contributed by atoms with Gasteiger partial charge in [0.05, 0.1) is 23.3 Å². The summed E-state index contributed by atoms with van der Waals surface area (Å²) in [5.41, 5.74) is 1.24. The third-order valence-corrected chi connectivity index (χ3v) is 3.34. The number of aromatic nitrogens is 1. The zero-order chi connectivity index (χ0) is 20.7. The Bertz CT molecular complexity index is 902. The lowest BCUT2D eigenvalue weighted by Gasteiger charge is -2.10. The predicted molar refractivity (Wildman–Crippen MR) is 94.1 cm³/mol. The Balaban J connectivity index is 2.11. The van der Waals surface area contributed by atoms with Crippen LogP contribution in [0.3, 0.4) is 0 Å². The van der Waals surface area contributed by atoms with Crippen LogP contribution in [-0.4, -0.2) is 23.2 Å². The number of hydrogen-bond acceptors (Lipinski definition) is 7. The summed E-state index contributed by atoms with van der Waals surface area (Å²) < 4.78 is 43.2. The van der Waals surface area contributed by atoms with Crippen molar-refractivity contribution in [1.82, 2.24) is 10.5 Å². The van der Waals surface area contributed by atoms with E-state index < -0.39 is 16.7 Å². The fraction of sp³-hybridized carbons (Fsp3) is 0.125. The number of benzene rings is 1. The molecule has 0 radical (unpaired) electrons. The average Bonchev–Trinajstić information content (AvgIpc) is 2.63. The van der Waals surface area contributed by atoms with Crippen molar-refractivity contribution < 1.29 is 27.7 Å². The molecule has 0 unspecified atom stereocenters. The van der Waals surface area contributed by atoms with Crippen molar-refractivity contribution in [1.29, 1.82) is 0 Å². The van der Waals surface area contributed by atoms with Gasteiger partial charge in [0.15, 0.2) is 0 Å². The van der Waals surface area contributed by atoms with Gasteiger partial charge in [-0.05, 0) is 30.3 Å². The second-order valence-electron chi connectivity index (χ2n) is 5.01. The molecule has 1 aromatic carbocycles. The Morgan fingerprint density at radius 3 is 2.57 bits per heavy atom. The van der Waals surface area contributed by atoms with Crippen molar-refractivity contribution in [2.75, 3.05) is 7.11 Å². The highest BCUT2D eigenvalue weighted by Gasteiger charge is 2.31. The predicted octanol–water partition coefficient (Wildman–Crippen LogP) is 4.52. The van der Waals surface area contributed by atoms with E-state index in [1.54, 1.807) is 0 Å². The molecule has 1 heterocycles. The Labute approximate surface area is 161 Å². The molecular formula is C16H12ClF3N4O4. The lowest BCUT2D eigenvalue weighted by Crippen LogP contribution is -2.08. The van der Waals surface area contributed by atoms with Crippen molar-refractivity contribution in [3.63, 3.8) is 0 Å². The molecule has 1 N–H and O–H groups in total. The van der Waals surface area contributed by atoms with Crippen molar-refractivity contribution in [3.8, 4) is 11.6 Å². The molecule has 0 atom stereocenters. The van der Waals surface area contributed by atoms with E-state index in [1.807, 2.05) is 0 Å². The normalized spacial score (nSPS) is 12.2. The van der Waals surface area contributed by atoms with Crippen LogP contribution in [0.25, 0.3) is 0 Å². The van der Waals surface area contributed by atoms with Crippen LogP contribution in [0.4, 0.5) is 18.9 Å². The van der Waals surface area contributed by atoms with Gasteiger partial charge in [0.2, 0.25) is 5.88 Å². The fourth-order valence-corrected chi connectivity index (χ4v) is 1.97. The molecule has 0 saturated heterocycles. The number of alkyl halides is 3. The van der Waals surface area contributed by atoms with Crippen LogP contribution in [0, 0.1) is 10.1 Å². The summed E-state index contributed by atoms with van der Waals surface area (Å²) >= 11 is 5.78. The van der Waals surface area contributed by atoms with Gasteiger partial charge in [-0.25, -0.2) is 9.98 Å². The first kappa shape index (κ1) is 21.1. The van der Waals surface area contributed by atoms with Crippen LogP contribution in [-0.2, 0) is 11.0 Å². The minimum atomic E-state index is -4.56.